The Kier molecular flexibility index (Phi) is 10.8. The van der Waals surface area contributed by atoms with Crippen molar-refractivity contribution >= 4 is 35.4 Å². The lowest BCUT2D eigenvalue weighted by Crippen LogP contribution is -2.58. The van der Waals surface area contributed by atoms with Crippen molar-refractivity contribution in [1.82, 2.24) is 30.7 Å². The summed E-state index contributed by atoms with van der Waals surface area (Å²) in [4.78, 5) is 80.8. The first-order valence-corrected chi connectivity index (χ1v) is 12.5. The molecule has 1 aliphatic rings. The number of methoxy groups -OCH3 is 1. The zero-order valence-electron chi connectivity index (χ0n) is 23.4. The van der Waals surface area contributed by atoms with Crippen LogP contribution in [0.3, 0.4) is 0 Å². The van der Waals surface area contributed by atoms with Gasteiger partial charge in [-0.2, -0.15) is 0 Å². The number of hydrogen-bond acceptors (Lipinski definition) is 7. The molecule has 0 radical (unpaired) electrons. The molecule has 1 aromatic carbocycles. The summed E-state index contributed by atoms with van der Waals surface area (Å²) in [7, 11) is 5.78. The van der Waals surface area contributed by atoms with Crippen molar-refractivity contribution in [2.75, 3.05) is 41.3 Å². The molecule has 0 aliphatic carbocycles. The Morgan fingerprint density at radius 1 is 0.744 bits per heavy atom. The molecule has 3 N–H and O–H groups in total. The minimum atomic E-state index is -1.03. The third-order valence-corrected chi connectivity index (χ3v) is 6.49. The highest BCUT2D eigenvalue weighted by Gasteiger charge is 2.33. The first-order chi connectivity index (χ1) is 18.2. The highest BCUT2D eigenvalue weighted by atomic mass is 16.5. The predicted octanol–water partition coefficient (Wildman–Crippen LogP) is -1.49. The second-order valence-electron chi connectivity index (χ2n) is 9.71. The number of carbonyl (C=O) groups is 6. The first-order valence-electron chi connectivity index (χ1n) is 12.5. The van der Waals surface area contributed by atoms with Gasteiger partial charge in [0.15, 0.2) is 0 Å². The van der Waals surface area contributed by atoms with E-state index in [0.29, 0.717) is 5.75 Å². The number of nitrogens with zero attached hydrogens (tertiary/aromatic N) is 3. The lowest BCUT2D eigenvalue weighted by atomic mass is 10.0. The van der Waals surface area contributed by atoms with Gasteiger partial charge in [-0.15, -0.1) is 0 Å². The maximum absolute atomic E-state index is 13.4. The zero-order valence-corrected chi connectivity index (χ0v) is 23.4. The minimum Gasteiger partial charge on any atom is -0.497 e. The van der Waals surface area contributed by atoms with Crippen molar-refractivity contribution in [3.05, 3.63) is 29.8 Å². The fourth-order valence-electron chi connectivity index (χ4n) is 4.01. The molecule has 6 amide bonds. The van der Waals surface area contributed by atoms with E-state index in [0.717, 1.165) is 15.4 Å². The number of nitrogens with one attached hydrogen (secondary N) is 3. The summed E-state index contributed by atoms with van der Waals surface area (Å²) in [6, 6.07) is 2.90. The predicted molar refractivity (Wildman–Crippen MR) is 141 cm³/mol. The highest BCUT2D eigenvalue weighted by Crippen LogP contribution is 2.15. The summed E-state index contributed by atoms with van der Waals surface area (Å²) in [6.07, 6.45) is 0.116. The summed E-state index contributed by atoms with van der Waals surface area (Å²) < 4.78 is 5.18. The Labute approximate surface area is 228 Å². The number of rotatable bonds is 3. The van der Waals surface area contributed by atoms with Gasteiger partial charge in [0.2, 0.25) is 35.4 Å². The molecule has 4 atom stereocenters. The van der Waals surface area contributed by atoms with E-state index >= 15 is 0 Å². The van der Waals surface area contributed by atoms with Crippen LogP contribution in [0.1, 0.15) is 26.3 Å². The molecule has 0 saturated carbocycles. The molecule has 0 unspecified atom stereocenters. The fraction of sp³-hybridized carbons (Fsp3) is 0.538. The van der Waals surface area contributed by atoms with Crippen LogP contribution >= 0.6 is 0 Å². The molecule has 0 bridgehead atoms. The molecular weight excluding hydrogens is 508 g/mol. The summed E-state index contributed by atoms with van der Waals surface area (Å²) in [5.74, 6) is -2.73. The maximum atomic E-state index is 13.4. The van der Waals surface area contributed by atoms with Gasteiger partial charge in [0.1, 0.15) is 29.9 Å². The molecule has 0 spiro atoms. The van der Waals surface area contributed by atoms with Crippen LogP contribution in [0.15, 0.2) is 24.3 Å². The quantitative estimate of drug-likeness (QED) is 0.417. The van der Waals surface area contributed by atoms with Gasteiger partial charge in [-0.1, -0.05) is 12.1 Å². The van der Waals surface area contributed by atoms with Crippen LogP contribution in [0, 0.1) is 0 Å². The Morgan fingerprint density at radius 3 is 1.90 bits per heavy atom. The van der Waals surface area contributed by atoms with E-state index in [2.05, 4.69) is 16.0 Å². The van der Waals surface area contributed by atoms with E-state index < -0.39 is 59.6 Å². The van der Waals surface area contributed by atoms with Gasteiger partial charge in [-0.3, -0.25) is 28.8 Å². The molecule has 13 heteroatoms. The number of amides is 6. The summed E-state index contributed by atoms with van der Waals surface area (Å²) >= 11 is 0. The van der Waals surface area contributed by atoms with Crippen molar-refractivity contribution in [2.24, 2.45) is 0 Å². The molecule has 1 aromatic rings. The topological polar surface area (TPSA) is 157 Å². The zero-order chi connectivity index (χ0) is 29.4. The number of likely N-dealkylation sites (N-methyl/N-ethyl adjacent to an activating group) is 3. The summed E-state index contributed by atoms with van der Waals surface area (Å²) in [6.45, 7) is 3.73. The van der Waals surface area contributed by atoms with Crippen molar-refractivity contribution in [2.45, 2.75) is 51.4 Å². The van der Waals surface area contributed by atoms with Crippen LogP contribution in [-0.4, -0.2) is 116 Å². The average molecular weight is 547 g/mol. The molecule has 39 heavy (non-hydrogen) atoms. The Hall–Kier alpha value is -4.16. The van der Waals surface area contributed by atoms with E-state index in [1.54, 1.807) is 24.3 Å². The van der Waals surface area contributed by atoms with Crippen molar-refractivity contribution in [3.8, 4) is 5.75 Å². The summed E-state index contributed by atoms with van der Waals surface area (Å²) in [5, 5.41) is 7.69. The molecule has 1 saturated heterocycles. The van der Waals surface area contributed by atoms with Gasteiger partial charge >= 0.3 is 0 Å². The number of carbonyl (C=O) groups excluding carboxylic acids is 6. The second-order valence-corrected chi connectivity index (χ2v) is 9.71. The molecule has 214 valence electrons. The second kappa shape index (κ2) is 13.6. The molecule has 2 rings (SSSR count). The molecular formula is C26H38N6O7. The van der Waals surface area contributed by atoms with E-state index in [4.69, 9.17) is 4.74 Å². The van der Waals surface area contributed by atoms with Crippen molar-refractivity contribution in [3.63, 3.8) is 0 Å². The van der Waals surface area contributed by atoms with E-state index in [9.17, 15) is 28.8 Å². The van der Waals surface area contributed by atoms with Crippen LogP contribution in [0.25, 0.3) is 0 Å². The molecule has 13 nitrogen and oxygen atoms in total. The van der Waals surface area contributed by atoms with Gasteiger partial charge in [-0.25, -0.2) is 0 Å². The third-order valence-electron chi connectivity index (χ3n) is 6.49. The number of hydrogen-bond donors (Lipinski definition) is 3. The molecule has 1 aliphatic heterocycles. The van der Waals surface area contributed by atoms with Gasteiger partial charge < -0.3 is 35.4 Å². The normalized spacial score (nSPS) is 24.9. The Bertz CT molecular complexity index is 1090. The SMILES string of the molecule is COc1ccc(C[C@H]2C(=O)N[C@@H](C)C(=O)N(C)CC(=O)N(C)CC(=O)N[C@@H](C)C(=O)N[C@@H](C)C(=O)N2C)cc1. The minimum absolute atomic E-state index is 0.116. The average Bonchev–Trinajstić information content (AvgIpc) is 2.89. The smallest absolute Gasteiger partial charge is 0.245 e. The largest absolute Gasteiger partial charge is 0.497 e. The molecule has 0 aromatic heterocycles. The number of ether oxygens (including phenoxy) is 1. The van der Waals surface area contributed by atoms with Crippen LogP contribution < -0.4 is 20.7 Å². The Morgan fingerprint density at radius 2 is 1.31 bits per heavy atom. The van der Waals surface area contributed by atoms with Gasteiger partial charge in [0, 0.05) is 27.6 Å². The van der Waals surface area contributed by atoms with Crippen molar-refractivity contribution < 1.29 is 33.5 Å². The van der Waals surface area contributed by atoms with E-state index in [-0.39, 0.29) is 19.5 Å². The Balaban J connectivity index is 2.40. The van der Waals surface area contributed by atoms with Crippen LogP contribution in [0.5, 0.6) is 5.75 Å². The monoisotopic (exact) mass is 546 g/mol. The van der Waals surface area contributed by atoms with E-state index in [1.165, 1.54) is 53.9 Å². The van der Waals surface area contributed by atoms with Gasteiger partial charge in [-0.05, 0) is 38.5 Å². The third kappa shape index (κ3) is 8.42. The molecule has 1 heterocycles. The van der Waals surface area contributed by atoms with Crippen LogP contribution in [0.2, 0.25) is 0 Å². The lowest BCUT2D eigenvalue weighted by Gasteiger charge is -2.32. The standard InChI is InChI=1S/C26H38N6O7/c1-15-23(35)28-17(3)26(38)32(6)20(12-18-8-10-19(39-7)11-9-18)24(36)29-16(2)25(37)31(5)14-22(34)30(4)13-21(33)27-15/h8-11,15-17,20H,12-14H2,1-7H3,(H,27,33)(H,28,35)(H,29,36)/t15-,16-,17-,20-/m0/s1. The van der Waals surface area contributed by atoms with Crippen molar-refractivity contribution in [1.29, 1.82) is 0 Å². The maximum Gasteiger partial charge on any atom is 0.245 e. The number of benzene rings is 1. The van der Waals surface area contributed by atoms with Crippen LogP contribution in [0.4, 0.5) is 0 Å². The molecule has 1 fully saturated rings. The first kappa shape index (κ1) is 31.1. The summed E-state index contributed by atoms with van der Waals surface area (Å²) in [5.41, 5.74) is 0.732. The van der Waals surface area contributed by atoms with Crippen LogP contribution in [-0.2, 0) is 35.2 Å². The van der Waals surface area contributed by atoms with E-state index in [1.807, 2.05) is 0 Å². The van der Waals surface area contributed by atoms with Gasteiger partial charge in [0.05, 0.1) is 20.2 Å². The highest BCUT2D eigenvalue weighted by molar-refractivity contribution is 5.96. The lowest BCUT2D eigenvalue weighted by molar-refractivity contribution is -0.144. The van der Waals surface area contributed by atoms with Gasteiger partial charge in [0.25, 0.3) is 0 Å². The fourth-order valence-corrected chi connectivity index (χ4v) is 4.01.